The maximum absolute atomic E-state index is 12.7. The van der Waals surface area contributed by atoms with Crippen LogP contribution in [-0.4, -0.2) is 38.4 Å². The highest BCUT2D eigenvalue weighted by Gasteiger charge is 2.40. The second-order valence-corrected chi connectivity index (χ2v) is 7.98. The van der Waals surface area contributed by atoms with E-state index in [0.717, 1.165) is 19.4 Å². The molecule has 0 amide bonds. The lowest BCUT2D eigenvalue weighted by Crippen LogP contribution is -2.41. The molecule has 1 aromatic carbocycles. The van der Waals surface area contributed by atoms with Crippen LogP contribution in [0.25, 0.3) is 0 Å². The minimum atomic E-state index is -3.38. The number of nitrogens with zero attached hydrogens (tertiary/aromatic N) is 1. The van der Waals surface area contributed by atoms with Gasteiger partial charge in [-0.05, 0) is 53.4 Å². The summed E-state index contributed by atoms with van der Waals surface area (Å²) in [5.41, 5.74) is 0. The van der Waals surface area contributed by atoms with E-state index in [1.165, 1.54) is 0 Å². The SMILES string of the molecule is O=S(=O)(c1ccccc1Br)N1CC2CCCNC2C1. The van der Waals surface area contributed by atoms with Gasteiger partial charge in [-0.1, -0.05) is 12.1 Å². The quantitative estimate of drug-likeness (QED) is 0.890. The average Bonchev–Trinajstić information content (AvgIpc) is 2.83. The van der Waals surface area contributed by atoms with Crippen molar-refractivity contribution in [2.24, 2.45) is 5.92 Å². The van der Waals surface area contributed by atoms with Gasteiger partial charge in [-0.2, -0.15) is 4.31 Å². The molecule has 0 bridgehead atoms. The first-order chi connectivity index (χ1) is 9.09. The van der Waals surface area contributed by atoms with Crippen LogP contribution < -0.4 is 5.32 Å². The van der Waals surface area contributed by atoms with Crippen molar-refractivity contribution in [3.05, 3.63) is 28.7 Å². The lowest BCUT2D eigenvalue weighted by molar-refractivity contribution is 0.339. The molecule has 2 unspecified atom stereocenters. The molecule has 0 aromatic heterocycles. The molecule has 2 atom stereocenters. The molecule has 2 fully saturated rings. The molecule has 104 valence electrons. The van der Waals surface area contributed by atoms with Gasteiger partial charge in [0.1, 0.15) is 0 Å². The zero-order chi connectivity index (χ0) is 13.5. The fourth-order valence-electron chi connectivity index (χ4n) is 3.00. The van der Waals surface area contributed by atoms with Gasteiger partial charge in [0.15, 0.2) is 0 Å². The number of sulfonamides is 1. The van der Waals surface area contributed by atoms with E-state index in [2.05, 4.69) is 21.2 Å². The number of benzene rings is 1. The topological polar surface area (TPSA) is 49.4 Å². The van der Waals surface area contributed by atoms with E-state index in [4.69, 9.17) is 0 Å². The molecule has 2 heterocycles. The Labute approximate surface area is 122 Å². The third-order valence-corrected chi connectivity index (χ3v) is 6.86. The largest absolute Gasteiger partial charge is 0.312 e. The first-order valence-corrected chi connectivity index (χ1v) is 8.80. The number of halogens is 1. The van der Waals surface area contributed by atoms with Crippen LogP contribution >= 0.6 is 15.9 Å². The van der Waals surface area contributed by atoms with Gasteiger partial charge in [0.2, 0.25) is 10.0 Å². The van der Waals surface area contributed by atoms with Crippen molar-refractivity contribution >= 4 is 26.0 Å². The zero-order valence-corrected chi connectivity index (χ0v) is 13.0. The number of piperidine rings is 1. The van der Waals surface area contributed by atoms with E-state index >= 15 is 0 Å². The predicted molar refractivity (Wildman–Crippen MR) is 77.4 cm³/mol. The Balaban J connectivity index is 1.88. The molecular weight excluding hydrogens is 328 g/mol. The molecule has 1 aromatic rings. The van der Waals surface area contributed by atoms with Crippen molar-refractivity contribution in [1.29, 1.82) is 0 Å². The second-order valence-electron chi connectivity index (χ2n) is 5.22. The molecule has 1 N–H and O–H groups in total. The van der Waals surface area contributed by atoms with Crippen molar-refractivity contribution in [3.8, 4) is 0 Å². The van der Waals surface area contributed by atoms with Gasteiger partial charge in [0.05, 0.1) is 4.90 Å². The summed E-state index contributed by atoms with van der Waals surface area (Å²) in [6.45, 7) is 2.24. The lowest BCUT2D eigenvalue weighted by atomic mass is 9.94. The van der Waals surface area contributed by atoms with Gasteiger partial charge in [-0.3, -0.25) is 0 Å². The minimum absolute atomic E-state index is 0.325. The van der Waals surface area contributed by atoms with Gasteiger partial charge < -0.3 is 5.32 Å². The van der Waals surface area contributed by atoms with Crippen molar-refractivity contribution < 1.29 is 8.42 Å². The van der Waals surface area contributed by atoms with E-state index in [9.17, 15) is 8.42 Å². The van der Waals surface area contributed by atoms with Gasteiger partial charge >= 0.3 is 0 Å². The molecule has 3 rings (SSSR count). The molecule has 0 aliphatic carbocycles. The fraction of sp³-hybridized carbons (Fsp3) is 0.538. The summed E-state index contributed by atoms with van der Waals surface area (Å²) in [4.78, 5) is 0.369. The van der Waals surface area contributed by atoms with E-state index in [-0.39, 0.29) is 0 Å². The number of rotatable bonds is 2. The van der Waals surface area contributed by atoms with Crippen molar-refractivity contribution in [1.82, 2.24) is 9.62 Å². The summed E-state index contributed by atoms with van der Waals surface area (Å²) in [6, 6.07) is 7.35. The smallest absolute Gasteiger partial charge is 0.244 e. The highest BCUT2D eigenvalue weighted by atomic mass is 79.9. The van der Waals surface area contributed by atoms with Crippen molar-refractivity contribution in [2.75, 3.05) is 19.6 Å². The summed E-state index contributed by atoms with van der Waals surface area (Å²) >= 11 is 3.33. The Bertz CT molecular complexity index is 562. The van der Waals surface area contributed by atoms with Crippen LogP contribution in [0.2, 0.25) is 0 Å². The zero-order valence-electron chi connectivity index (χ0n) is 10.5. The van der Waals surface area contributed by atoms with Gasteiger partial charge in [0.25, 0.3) is 0 Å². The van der Waals surface area contributed by atoms with Crippen LogP contribution in [0.15, 0.2) is 33.6 Å². The maximum Gasteiger partial charge on any atom is 0.244 e. The molecule has 2 aliphatic rings. The molecule has 2 aliphatic heterocycles. The Morgan fingerprint density at radius 1 is 1.26 bits per heavy atom. The molecule has 0 spiro atoms. The molecule has 0 radical (unpaired) electrons. The summed E-state index contributed by atoms with van der Waals surface area (Å²) in [6.07, 6.45) is 2.27. The fourth-order valence-corrected chi connectivity index (χ4v) is 5.48. The summed E-state index contributed by atoms with van der Waals surface area (Å²) in [7, 11) is -3.38. The first-order valence-electron chi connectivity index (χ1n) is 6.57. The lowest BCUT2D eigenvalue weighted by Gasteiger charge is -2.24. The van der Waals surface area contributed by atoms with Crippen LogP contribution in [0.1, 0.15) is 12.8 Å². The maximum atomic E-state index is 12.7. The Morgan fingerprint density at radius 3 is 2.79 bits per heavy atom. The van der Waals surface area contributed by atoms with Crippen LogP contribution in [0.3, 0.4) is 0 Å². The molecular formula is C13H17BrN2O2S. The first kappa shape index (κ1) is 13.5. The Kier molecular flexibility index (Phi) is 3.68. The van der Waals surface area contributed by atoms with Crippen LogP contribution in [-0.2, 0) is 10.0 Å². The van der Waals surface area contributed by atoms with Gasteiger partial charge in [-0.25, -0.2) is 8.42 Å². The minimum Gasteiger partial charge on any atom is -0.312 e. The predicted octanol–water partition coefficient (Wildman–Crippen LogP) is 1.82. The normalized spacial score (nSPS) is 28.3. The van der Waals surface area contributed by atoms with Crippen LogP contribution in [0, 0.1) is 5.92 Å². The number of hydrogen-bond donors (Lipinski definition) is 1. The Morgan fingerprint density at radius 2 is 2.05 bits per heavy atom. The third-order valence-electron chi connectivity index (χ3n) is 4.02. The van der Waals surface area contributed by atoms with E-state index in [1.54, 1.807) is 22.5 Å². The van der Waals surface area contributed by atoms with E-state index in [1.807, 2.05) is 6.07 Å². The van der Waals surface area contributed by atoms with Gasteiger partial charge in [-0.15, -0.1) is 0 Å². The number of fused-ring (bicyclic) bond motifs is 1. The Hall–Kier alpha value is -0.430. The number of hydrogen-bond acceptors (Lipinski definition) is 3. The molecule has 6 heteroatoms. The monoisotopic (exact) mass is 344 g/mol. The molecule has 0 saturated carbocycles. The van der Waals surface area contributed by atoms with E-state index < -0.39 is 10.0 Å². The van der Waals surface area contributed by atoms with E-state index in [0.29, 0.717) is 34.4 Å². The van der Waals surface area contributed by atoms with Crippen LogP contribution in [0.5, 0.6) is 0 Å². The third kappa shape index (κ3) is 2.46. The van der Waals surface area contributed by atoms with Crippen molar-refractivity contribution in [3.63, 3.8) is 0 Å². The second kappa shape index (κ2) is 5.16. The molecule has 4 nitrogen and oxygen atoms in total. The molecule has 2 saturated heterocycles. The summed E-state index contributed by atoms with van der Waals surface area (Å²) in [5.74, 6) is 0.464. The van der Waals surface area contributed by atoms with Gasteiger partial charge in [0, 0.05) is 23.6 Å². The molecule has 19 heavy (non-hydrogen) atoms. The standard InChI is InChI=1S/C13H17BrN2O2S/c14-11-5-1-2-6-13(11)19(17,18)16-8-10-4-3-7-15-12(10)9-16/h1-2,5-6,10,12,15H,3-4,7-9H2. The number of nitrogens with one attached hydrogen (secondary N) is 1. The average molecular weight is 345 g/mol. The summed E-state index contributed by atoms with van der Waals surface area (Å²) < 4.78 is 27.6. The highest BCUT2D eigenvalue weighted by molar-refractivity contribution is 9.10. The summed E-state index contributed by atoms with van der Waals surface area (Å²) in [5, 5.41) is 3.43. The van der Waals surface area contributed by atoms with Crippen LogP contribution in [0.4, 0.5) is 0 Å². The van der Waals surface area contributed by atoms with Crippen molar-refractivity contribution in [2.45, 2.75) is 23.8 Å². The highest BCUT2D eigenvalue weighted by Crippen LogP contribution is 2.31.